The smallest absolute Gasteiger partial charge is 0.310 e. The molecule has 0 saturated carbocycles. The van der Waals surface area contributed by atoms with Crippen LogP contribution in [0, 0.1) is 0 Å². The number of aliphatic hydroxyl groups is 2. The molecule has 0 aliphatic carbocycles. The van der Waals surface area contributed by atoms with Crippen LogP contribution in [0.3, 0.4) is 0 Å². The molecule has 116 valence electrons. The van der Waals surface area contributed by atoms with E-state index in [2.05, 4.69) is 0 Å². The second-order valence-electron chi connectivity index (χ2n) is 3.37. The molecule has 20 heavy (non-hydrogen) atoms. The zero-order chi connectivity index (χ0) is 15.6. The van der Waals surface area contributed by atoms with E-state index in [0.717, 1.165) is 13.2 Å². The van der Waals surface area contributed by atoms with Gasteiger partial charge < -0.3 is 19.7 Å². The maximum Gasteiger partial charge on any atom is 0.310 e. The molecule has 1 rings (SSSR count). The van der Waals surface area contributed by atoms with Crippen LogP contribution in [-0.4, -0.2) is 42.6 Å². The molecule has 0 bridgehead atoms. The van der Waals surface area contributed by atoms with Gasteiger partial charge in [0.15, 0.2) is 0 Å². The Hall–Kier alpha value is -1.43. The van der Waals surface area contributed by atoms with Crippen molar-refractivity contribution >= 4 is 5.97 Å². The van der Waals surface area contributed by atoms with Gasteiger partial charge in [0.1, 0.15) is 5.75 Å². The summed E-state index contributed by atoms with van der Waals surface area (Å²) in [4.78, 5) is 10.8. The molecular formula is C15H26O5. The zero-order valence-electron chi connectivity index (χ0n) is 12.5. The van der Waals surface area contributed by atoms with Gasteiger partial charge in [-0.25, -0.2) is 0 Å². The second kappa shape index (κ2) is 17.6. The van der Waals surface area contributed by atoms with E-state index in [-0.39, 0.29) is 19.2 Å². The van der Waals surface area contributed by atoms with Gasteiger partial charge in [-0.3, -0.25) is 4.79 Å². The number of esters is 1. The van der Waals surface area contributed by atoms with Gasteiger partial charge in [0.05, 0.1) is 13.2 Å². The Balaban J connectivity index is 0. The van der Waals surface area contributed by atoms with Crippen LogP contribution in [0.1, 0.15) is 27.2 Å². The van der Waals surface area contributed by atoms with Crippen molar-refractivity contribution in [2.45, 2.75) is 27.2 Å². The number of para-hydroxylation sites is 1. The maximum absolute atomic E-state index is 10.8. The Labute approximate surface area is 121 Å². The lowest BCUT2D eigenvalue weighted by Crippen LogP contribution is -2.04. The minimum absolute atomic E-state index is 0.125. The fourth-order valence-corrected chi connectivity index (χ4v) is 0.896. The van der Waals surface area contributed by atoms with E-state index in [1.54, 1.807) is 19.1 Å². The number of rotatable bonds is 5. The molecule has 0 saturated heterocycles. The molecule has 1 aromatic rings. The Kier molecular flexibility index (Phi) is 18.3. The van der Waals surface area contributed by atoms with Crippen molar-refractivity contribution < 1.29 is 24.5 Å². The third-order valence-corrected chi connectivity index (χ3v) is 1.77. The monoisotopic (exact) mass is 286 g/mol. The lowest BCUT2D eigenvalue weighted by Gasteiger charge is -1.99. The first kappa shape index (κ1) is 20.9. The van der Waals surface area contributed by atoms with Gasteiger partial charge in [-0.1, -0.05) is 25.1 Å². The Morgan fingerprint density at radius 3 is 1.80 bits per heavy atom. The van der Waals surface area contributed by atoms with Crippen LogP contribution in [-0.2, 0) is 9.53 Å². The fourth-order valence-electron chi connectivity index (χ4n) is 0.896. The summed E-state index contributed by atoms with van der Waals surface area (Å²) in [5, 5.41) is 15.2. The topological polar surface area (TPSA) is 76.0 Å². The number of hydrogen-bond donors (Lipinski definition) is 2. The molecule has 0 atom stereocenters. The van der Waals surface area contributed by atoms with Gasteiger partial charge in [-0.2, -0.15) is 0 Å². The van der Waals surface area contributed by atoms with Crippen LogP contribution in [0.15, 0.2) is 30.3 Å². The molecule has 5 nitrogen and oxygen atoms in total. The van der Waals surface area contributed by atoms with Crippen LogP contribution in [0.25, 0.3) is 0 Å². The highest BCUT2D eigenvalue weighted by Gasteiger charge is 1.98. The Bertz CT molecular complexity index is 296. The first-order valence-electron chi connectivity index (χ1n) is 6.71. The molecule has 0 aromatic heterocycles. The Morgan fingerprint density at radius 2 is 1.50 bits per heavy atom. The molecule has 0 spiro atoms. The minimum atomic E-state index is -0.198. The van der Waals surface area contributed by atoms with E-state index in [0.29, 0.717) is 12.2 Å². The summed E-state index contributed by atoms with van der Waals surface area (Å²) in [6.45, 7) is 7.19. The standard InChI is InChI=1S/C9H10O2.C4H10O.C2H6O2/c1-2-9(10)11-8-6-4-3-5-7-8;1-3-5-4-2;3-1-2-4/h3-7H,2H2,1H3;3-4H2,1-2H3;3-4H,1-2H2. The first-order chi connectivity index (χ1) is 9.65. The number of ether oxygens (including phenoxy) is 2. The normalized spacial score (nSPS) is 8.65. The second-order valence-corrected chi connectivity index (χ2v) is 3.37. The third kappa shape index (κ3) is 16.6. The summed E-state index contributed by atoms with van der Waals surface area (Å²) < 4.78 is 9.76. The van der Waals surface area contributed by atoms with Crippen LogP contribution < -0.4 is 4.74 Å². The minimum Gasteiger partial charge on any atom is -0.427 e. The summed E-state index contributed by atoms with van der Waals surface area (Å²) in [6.07, 6.45) is 0.412. The highest BCUT2D eigenvalue weighted by Crippen LogP contribution is 2.08. The van der Waals surface area contributed by atoms with Gasteiger partial charge in [-0.15, -0.1) is 0 Å². The van der Waals surface area contributed by atoms with Gasteiger partial charge in [0, 0.05) is 19.6 Å². The molecule has 0 aliphatic rings. The predicted octanol–water partition coefficient (Wildman–Crippen LogP) is 2.02. The summed E-state index contributed by atoms with van der Waals surface area (Å²) in [7, 11) is 0. The lowest BCUT2D eigenvalue weighted by atomic mass is 10.3. The van der Waals surface area contributed by atoms with E-state index >= 15 is 0 Å². The number of carbonyl (C=O) groups excluding carboxylic acids is 1. The molecule has 0 unspecified atom stereocenters. The number of carbonyl (C=O) groups is 1. The van der Waals surface area contributed by atoms with Crippen LogP contribution in [0.2, 0.25) is 0 Å². The van der Waals surface area contributed by atoms with Gasteiger partial charge in [0.25, 0.3) is 0 Å². The third-order valence-electron chi connectivity index (χ3n) is 1.77. The summed E-state index contributed by atoms with van der Waals surface area (Å²) >= 11 is 0. The van der Waals surface area contributed by atoms with Crippen molar-refractivity contribution in [1.82, 2.24) is 0 Å². The van der Waals surface area contributed by atoms with Crippen molar-refractivity contribution in [2.24, 2.45) is 0 Å². The van der Waals surface area contributed by atoms with Gasteiger partial charge in [0.2, 0.25) is 0 Å². The molecule has 2 N–H and O–H groups in total. The van der Waals surface area contributed by atoms with Crippen molar-refractivity contribution in [3.8, 4) is 5.75 Å². The van der Waals surface area contributed by atoms with Crippen molar-refractivity contribution in [3.63, 3.8) is 0 Å². The van der Waals surface area contributed by atoms with Crippen molar-refractivity contribution in [2.75, 3.05) is 26.4 Å². The van der Waals surface area contributed by atoms with E-state index in [1.165, 1.54) is 0 Å². The molecule has 5 heteroatoms. The zero-order valence-corrected chi connectivity index (χ0v) is 12.5. The van der Waals surface area contributed by atoms with Crippen LogP contribution in [0.5, 0.6) is 5.75 Å². The summed E-state index contributed by atoms with van der Waals surface area (Å²) in [6, 6.07) is 9.06. The number of aliphatic hydroxyl groups excluding tert-OH is 2. The molecule has 0 amide bonds. The Morgan fingerprint density at radius 1 is 1.00 bits per heavy atom. The highest BCUT2D eigenvalue weighted by molar-refractivity contribution is 5.71. The van der Waals surface area contributed by atoms with Gasteiger partial charge >= 0.3 is 5.97 Å². The average Bonchev–Trinajstić information content (AvgIpc) is 2.50. The maximum atomic E-state index is 10.8. The molecule has 1 aromatic carbocycles. The summed E-state index contributed by atoms with van der Waals surface area (Å²) in [5.41, 5.74) is 0. The quantitative estimate of drug-likeness (QED) is 0.639. The van der Waals surface area contributed by atoms with E-state index in [1.807, 2.05) is 32.0 Å². The van der Waals surface area contributed by atoms with E-state index < -0.39 is 0 Å². The molecule has 0 aliphatic heterocycles. The van der Waals surface area contributed by atoms with Crippen molar-refractivity contribution in [3.05, 3.63) is 30.3 Å². The average molecular weight is 286 g/mol. The van der Waals surface area contributed by atoms with Crippen LogP contribution >= 0.6 is 0 Å². The molecule has 0 fully saturated rings. The number of benzene rings is 1. The lowest BCUT2D eigenvalue weighted by molar-refractivity contribution is -0.134. The molecule has 0 heterocycles. The predicted molar refractivity (Wildman–Crippen MR) is 78.7 cm³/mol. The van der Waals surface area contributed by atoms with E-state index in [9.17, 15) is 4.79 Å². The van der Waals surface area contributed by atoms with E-state index in [4.69, 9.17) is 19.7 Å². The van der Waals surface area contributed by atoms with Gasteiger partial charge in [-0.05, 0) is 26.0 Å². The largest absolute Gasteiger partial charge is 0.427 e. The molecular weight excluding hydrogens is 260 g/mol. The van der Waals surface area contributed by atoms with Crippen molar-refractivity contribution in [1.29, 1.82) is 0 Å². The summed E-state index contributed by atoms with van der Waals surface area (Å²) in [5.74, 6) is 0.413. The number of hydrogen-bond acceptors (Lipinski definition) is 5. The fraction of sp³-hybridized carbons (Fsp3) is 0.533. The SMILES string of the molecule is CCC(=O)Oc1ccccc1.CCOCC.OCCO. The molecule has 0 radical (unpaired) electrons. The van der Waals surface area contributed by atoms with Crippen LogP contribution in [0.4, 0.5) is 0 Å². The highest BCUT2D eigenvalue weighted by atomic mass is 16.5. The first-order valence-corrected chi connectivity index (χ1v) is 6.71.